The standard InChI is InChI=1S/C11H22N4O2/c1-15(8-7-10(12)14-17)11(16)13-9-5-3-2-4-6-9/h9,17H,2-8H2,1H3,(H2,12,14)(H,13,16). The number of oxime groups is 1. The van der Waals surface area contributed by atoms with E-state index in [1.165, 1.54) is 19.3 Å². The van der Waals surface area contributed by atoms with Gasteiger partial charge in [-0.1, -0.05) is 24.4 Å². The highest BCUT2D eigenvalue weighted by atomic mass is 16.4. The van der Waals surface area contributed by atoms with E-state index in [1.54, 1.807) is 11.9 Å². The number of nitrogens with two attached hydrogens (primary N) is 1. The molecule has 0 unspecified atom stereocenters. The molecule has 0 radical (unpaired) electrons. The van der Waals surface area contributed by atoms with E-state index >= 15 is 0 Å². The second kappa shape index (κ2) is 6.98. The van der Waals surface area contributed by atoms with Gasteiger partial charge in [0, 0.05) is 26.1 Å². The highest BCUT2D eigenvalue weighted by molar-refractivity contribution is 5.80. The third kappa shape index (κ3) is 4.93. The molecule has 98 valence electrons. The number of nitrogens with zero attached hydrogens (tertiary/aromatic N) is 2. The first kappa shape index (κ1) is 13.6. The summed E-state index contributed by atoms with van der Waals surface area (Å²) in [6.45, 7) is 0.453. The summed E-state index contributed by atoms with van der Waals surface area (Å²) in [6.07, 6.45) is 6.17. The normalized spacial score (nSPS) is 17.8. The smallest absolute Gasteiger partial charge is 0.317 e. The summed E-state index contributed by atoms with van der Waals surface area (Å²) in [6, 6.07) is 0.227. The first-order valence-electron chi connectivity index (χ1n) is 6.11. The van der Waals surface area contributed by atoms with Gasteiger partial charge in [-0.2, -0.15) is 0 Å². The number of rotatable bonds is 4. The van der Waals surface area contributed by atoms with E-state index < -0.39 is 0 Å². The van der Waals surface area contributed by atoms with Crippen molar-refractivity contribution in [3.63, 3.8) is 0 Å². The van der Waals surface area contributed by atoms with E-state index in [0.717, 1.165) is 12.8 Å². The predicted molar refractivity (Wildman–Crippen MR) is 66.1 cm³/mol. The van der Waals surface area contributed by atoms with E-state index in [2.05, 4.69) is 10.5 Å². The number of urea groups is 1. The molecule has 0 aromatic carbocycles. The molecule has 0 bridgehead atoms. The van der Waals surface area contributed by atoms with Crippen LogP contribution in [-0.2, 0) is 0 Å². The van der Waals surface area contributed by atoms with Crippen LogP contribution < -0.4 is 11.1 Å². The molecule has 4 N–H and O–H groups in total. The summed E-state index contributed by atoms with van der Waals surface area (Å²) >= 11 is 0. The Kier molecular flexibility index (Phi) is 5.59. The summed E-state index contributed by atoms with van der Waals surface area (Å²) in [5, 5.41) is 14.3. The van der Waals surface area contributed by atoms with E-state index in [-0.39, 0.29) is 11.9 Å². The molecule has 1 rings (SSSR count). The molecule has 1 aliphatic carbocycles. The van der Waals surface area contributed by atoms with E-state index in [1.807, 2.05) is 0 Å². The minimum atomic E-state index is -0.0809. The minimum Gasteiger partial charge on any atom is -0.409 e. The maximum atomic E-state index is 11.8. The summed E-state index contributed by atoms with van der Waals surface area (Å²) in [7, 11) is 1.71. The third-order valence-corrected chi connectivity index (χ3v) is 3.11. The second-order valence-electron chi connectivity index (χ2n) is 4.55. The van der Waals surface area contributed by atoms with Gasteiger partial charge >= 0.3 is 6.03 Å². The zero-order valence-electron chi connectivity index (χ0n) is 10.4. The van der Waals surface area contributed by atoms with Gasteiger partial charge in [-0.25, -0.2) is 4.79 Å². The van der Waals surface area contributed by atoms with Crippen molar-refractivity contribution in [1.82, 2.24) is 10.2 Å². The molecule has 1 aliphatic rings. The molecule has 6 nitrogen and oxygen atoms in total. The maximum Gasteiger partial charge on any atom is 0.317 e. The van der Waals surface area contributed by atoms with E-state index in [4.69, 9.17) is 10.9 Å². The SMILES string of the molecule is CN(CC/C(N)=N/O)C(=O)NC1CCCCC1. The average molecular weight is 242 g/mol. The number of nitrogens with one attached hydrogen (secondary N) is 1. The Morgan fingerprint density at radius 2 is 2.12 bits per heavy atom. The molecule has 0 aliphatic heterocycles. The Balaban J connectivity index is 2.25. The number of amidine groups is 1. The molecule has 2 amide bonds. The Morgan fingerprint density at radius 3 is 2.71 bits per heavy atom. The largest absolute Gasteiger partial charge is 0.409 e. The van der Waals surface area contributed by atoms with Gasteiger partial charge in [-0.05, 0) is 12.8 Å². The number of carbonyl (C=O) groups excluding carboxylic acids is 1. The molecule has 1 fully saturated rings. The Labute approximate surface area is 102 Å². The van der Waals surface area contributed by atoms with Crippen LogP contribution in [0.1, 0.15) is 38.5 Å². The van der Waals surface area contributed by atoms with Crippen molar-refractivity contribution in [1.29, 1.82) is 0 Å². The van der Waals surface area contributed by atoms with Gasteiger partial charge < -0.3 is 21.2 Å². The van der Waals surface area contributed by atoms with Crippen molar-refractivity contribution in [2.24, 2.45) is 10.9 Å². The monoisotopic (exact) mass is 242 g/mol. The van der Waals surface area contributed by atoms with Crippen LogP contribution in [0.5, 0.6) is 0 Å². The molecule has 0 aromatic heterocycles. The Morgan fingerprint density at radius 1 is 1.47 bits per heavy atom. The third-order valence-electron chi connectivity index (χ3n) is 3.11. The van der Waals surface area contributed by atoms with Crippen LogP contribution >= 0.6 is 0 Å². The summed E-state index contributed by atoms with van der Waals surface area (Å²) in [5.74, 6) is 0.141. The van der Waals surface area contributed by atoms with Crippen LogP contribution in [-0.4, -0.2) is 41.6 Å². The molecule has 0 spiro atoms. The van der Waals surface area contributed by atoms with Crippen molar-refractivity contribution in [2.75, 3.05) is 13.6 Å². The van der Waals surface area contributed by atoms with Gasteiger partial charge in [-0.15, -0.1) is 0 Å². The fraction of sp³-hybridized carbons (Fsp3) is 0.818. The fourth-order valence-electron chi connectivity index (χ4n) is 1.97. The van der Waals surface area contributed by atoms with Crippen LogP contribution in [0, 0.1) is 0 Å². The zero-order valence-corrected chi connectivity index (χ0v) is 10.4. The summed E-state index contributed by atoms with van der Waals surface area (Å²) in [4.78, 5) is 13.3. The molecule has 6 heteroatoms. The van der Waals surface area contributed by atoms with Crippen molar-refractivity contribution < 1.29 is 10.0 Å². The Bertz CT molecular complexity index is 275. The zero-order chi connectivity index (χ0) is 12.7. The van der Waals surface area contributed by atoms with Gasteiger partial charge in [0.15, 0.2) is 0 Å². The lowest BCUT2D eigenvalue weighted by Gasteiger charge is -2.26. The first-order chi connectivity index (χ1) is 8.13. The lowest BCUT2D eigenvalue weighted by molar-refractivity contribution is 0.201. The summed E-state index contributed by atoms with van der Waals surface area (Å²) in [5.41, 5.74) is 5.35. The summed E-state index contributed by atoms with van der Waals surface area (Å²) < 4.78 is 0. The molecular weight excluding hydrogens is 220 g/mol. The van der Waals surface area contributed by atoms with Gasteiger partial charge in [0.05, 0.1) is 0 Å². The number of amides is 2. The average Bonchev–Trinajstić information content (AvgIpc) is 2.36. The molecule has 0 saturated heterocycles. The molecule has 1 saturated carbocycles. The maximum absolute atomic E-state index is 11.8. The van der Waals surface area contributed by atoms with Gasteiger partial charge in [0.1, 0.15) is 5.84 Å². The number of hydrogen-bond acceptors (Lipinski definition) is 3. The van der Waals surface area contributed by atoms with Crippen LogP contribution in [0.15, 0.2) is 5.16 Å². The van der Waals surface area contributed by atoms with Gasteiger partial charge in [-0.3, -0.25) is 0 Å². The van der Waals surface area contributed by atoms with Crippen LogP contribution in [0.4, 0.5) is 4.79 Å². The van der Waals surface area contributed by atoms with Crippen molar-refractivity contribution in [3.8, 4) is 0 Å². The highest BCUT2D eigenvalue weighted by Gasteiger charge is 2.17. The lowest BCUT2D eigenvalue weighted by Crippen LogP contribution is -2.44. The van der Waals surface area contributed by atoms with Crippen LogP contribution in [0.2, 0.25) is 0 Å². The quantitative estimate of drug-likeness (QED) is 0.298. The van der Waals surface area contributed by atoms with E-state index in [0.29, 0.717) is 19.0 Å². The van der Waals surface area contributed by atoms with E-state index in [9.17, 15) is 4.79 Å². The highest BCUT2D eigenvalue weighted by Crippen LogP contribution is 2.17. The lowest BCUT2D eigenvalue weighted by atomic mass is 9.96. The molecule has 0 heterocycles. The first-order valence-corrected chi connectivity index (χ1v) is 6.11. The Hall–Kier alpha value is -1.46. The minimum absolute atomic E-state index is 0.0809. The molecule has 17 heavy (non-hydrogen) atoms. The fourth-order valence-corrected chi connectivity index (χ4v) is 1.97. The second-order valence-corrected chi connectivity index (χ2v) is 4.55. The predicted octanol–water partition coefficient (Wildman–Crippen LogP) is 1.10. The number of carbonyl (C=O) groups is 1. The van der Waals surface area contributed by atoms with Gasteiger partial charge in [0.25, 0.3) is 0 Å². The van der Waals surface area contributed by atoms with Crippen molar-refractivity contribution in [3.05, 3.63) is 0 Å². The van der Waals surface area contributed by atoms with Crippen molar-refractivity contribution >= 4 is 11.9 Å². The molecular formula is C11H22N4O2. The molecule has 0 atom stereocenters. The van der Waals surface area contributed by atoms with Crippen LogP contribution in [0.3, 0.4) is 0 Å². The van der Waals surface area contributed by atoms with Gasteiger partial charge in [0.2, 0.25) is 0 Å². The topological polar surface area (TPSA) is 90.9 Å². The van der Waals surface area contributed by atoms with Crippen molar-refractivity contribution in [2.45, 2.75) is 44.6 Å². The van der Waals surface area contributed by atoms with Crippen LogP contribution in [0.25, 0.3) is 0 Å². The number of hydrogen-bond donors (Lipinski definition) is 3. The molecule has 0 aromatic rings.